The van der Waals surface area contributed by atoms with Crippen LogP contribution in [0, 0.1) is 0 Å². The lowest BCUT2D eigenvalue weighted by Crippen LogP contribution is -2.40. The van der Waals surface area contributed by atoms with Gasteiger partial charge in [0.1, 0.15) is 18.0 Å². The maximum Gasteiger partial charge on any atom is 0.251 e. The Balaban J connectivity index is 1.96. The zero-order chi connectivity index (χ0) is 15.0. The van der Waals surface area contributed by atoms with E-state index >= 15 is 0 Å². The standard InChI is InChI=1S/C13H16F2N6/c1-20-8-17-11(19-20)9-2-3-10(16)18-12(9)21-6-4-13(14,15)5-7-21/h2-3,8H,4-7H2,1H3,(H2,16,18). The molecule has 3 rings (SSSR count). The molecule has 0 aliphatic carbocycles. The normalized spacial score (nSPS) is 18.0. The third kappa shape index (κ3) is 2.79. The van der Waals surface area contributed by atoms with Crippen molar-refractivity contribution in [3.8, 4) is 11.4 Å². The maximum absolute atomic E-state index is 13.3. The van der Waals surface area contributed by atoms with Crippen LogP contribution in [0.3, 0.4) is 0 Å². The minimum absolute atomic E-state index is 0.182. The van der Waals surface area contributed by atoms with Crippen LogP contribution < -0.4 is 10.6 Å². The fourth-order valence-electron chi connectivity index (χ4n) is 2.39. The lowest BCUT2D eigenvalue weighted by Gasteiger charge is -2.33. The van der Waals surface area contributed by atoms with Gasteiger partial charge < -0.3 is 10.6 Å². The van der Waals surface area contributed by atoms with E-state index in [1.165, 1.54) is 0 Å². The Morgan fingerprint density at radius 1 is 1.24 bits per heavy atom. The van der Waals surface area contributed by atoms with Crippen molar-refractivity contribution >= 4 is 11.6 Å². The zero-order valence-electron chi connectivity index (χ0n) is 11.6. The fourth-order valence-corrected chi connectivity index (χ4v) is 2.39. The summed E-state index contributed by atoms with van der Waals surface area (Å²) >= 11 is 0. The first-order chi connectivity index (χ1) is 9.94. The van der Waals surface area contributed by atoms with Crippen molar-refractivity contribution in [1.82, 2.24) is 19.7 Å². The molecule has 1 fully saturated rings. The van der Waals surface area contributed by atoms with Gasteiger partial charge in [0.25, 0.3) is 5.92 Å². The van der Waals surface area contributed by atoms with Gasteiger partial charge in [0.15, 0.2) is 5.82 Å². The third-order valence-electron chi connectivity index (χ3n) is 3.53. The van der Waals surface area contributed by atoms with Crippen molar-refractivity contribution < 1.29 is 8.78 Å². The Hall–Kier alpha value is -2.25. The van der Waals surface area contributed by atoms with Gasteiger partial charge in [-0.3, -0.25) is 4.68 Å². The average Bonchev–Trinajstić information content (AvgIpc) is 2.85. The van der Waals surface area contributed by atoms with E-state index in [2.05, 4.69) is 15.1 Å². The Bertz CT molecular complexity index is 644. The van der Waals surface area contributed by atoms with Crippen LogP contribution in [-0.2, 0) is 7.05 Å². The number of halogens is 2. The summed E-state index contributed by atoms with van der Waals surface area (Å²) in [6.07, 6.45) is 1.22. The van der Waals surface area contributed by atoms with Crippen molar-refractivity contribution in [3.05, 3.63) is 18.5 Å². The highest BCUT2D eigenvalue weighted by Gasteiger charge is 2.35. The van der Waals surface area contributed by atoms with Crippen LogP contribution in [0.2, 0.25) is 0 Å². The first kappa shape index (κ1) is 13.7. The second kappa shape index (κ2) is 4.94. The molecular formula is C13H16F2N6. The van der Waals surface area contributed by atoms with Gasteiger partial charge in [-0.1, -0.05) is 0 Å². The van der Waals surface area contributed by atoms with Gasteiger partial charge in [-0.25, -0.2) is 18.7 Å². The van der Waals surface area contributed by atoms with E-state index in [-0.39, 0.29) is 25.9 Å². The monoisotopic (exact) mass is 294 g/mol. The molecule has 0 atom stereocenters. The molecule has 112 valence electrons. The Morgan fingerprint density at radius 2 is 1.95 bits per heavy atom. The molecule has 2 N–H and O–H groups in total. The number of rotatable bonds is 2. The second-order valence-corrected chi connectivity index (χ2v) is 5.19. The maximum atomic E-state index is 13.3. The molecule has 2 aromatic rings. The van der Waals surface area contributed by atoms with E-state index in [1.807, 2.05) is 4.90 Å². The van der Waals surface area contributed by atoms with Crippen molar-refractivity contribution in [3.63, 3.8) is 0 Å². The van der Waals surface area contributed by atoms with Crippen LogP contribution >= 0.6 is 0 Å². The number of nitrogens with two attached hydrogens (primary N) is 1. The number of hydrogen-bond donors (Lipinski definition) is 1. The highest BCUT2D eigenvalue weighted by Crippen LogP contribution is 2.34. The Morgan fingerprint density at radius 3 is 2.57 bits per heavy atom. The number of hydrogen-bond acceptors (Lipinski definition) is 5. The topological polar surface area (TPSA) is 72.9 Å². The molecule has 0 bridgehead atoms. The van der Waals surface area contributed by atoms with Gasteiger partial charge in [0.05, 0.1) is 5.56 Å². The predicted octanol–water partition coefficient (Wildman–Crippen LogP) is 1.69. The number of nitrogen functional groups attached to an aromatic ring is 1. The summed E-state index contributed by atoms with van der Waals surface area (Å²) in [5, 5.41) is 4.24. The lowest BCUT2D eigenvalue weighted by molar-refractivity contribution is -0.0221. The third-order valence-corrected chi connectivity index (χ3v) is 3.53. The number of anilines is 2. The minimum atomic E-state index is -2.60. The molecule has 1 aliphatic heterocycles. The predicted molar refractivity (Wildman–Crippen MR) is 75.0 cm³/mol. The molecule has 3 heterocycles. The summed E-state index contributed by atoms with van der Waals surface area (Å²) < 4.78 is 28.2. The summed E-state index contributed by atoms with van der Waals surface area (Å²) in [5.74, 6) is -1.17. The van der Waals surface area contributed by atoms with Gasteiger partial charge in [0.2, 0.25) is 0 Å². The van der Waals surface area contributed by atoms with Crippen molar-refractivity contribution in [2.24, 2.45) is 7.05 Å². The molecule has 1 aliphatic rings. The van der Waals surface area contributed by atoms with Gasteiger partial charge in [-0.05, 0) is 12.1 Å². The van der Waals surface area contributed by atoms with Gasteiger partial charge in [-0.15, -0.1) is 0 Å². The molecule has 0 aromatic carbocycles. The molecule has 0 unspecified atom stereocenters. The van der Waals surface area contributed by atoms with Crippen LogP contribution in [0.4, 0.5) is 20.4 Å². The van der Waals surface area contributed by atoms with Crippen LogP contribution in [-0.4, -0.2) is 38.8 Å². The van der Waals surface area contributed by atoms with Crippen molar-refractivity contribution in [2.45, 2.75) is 18.8 Å². The molecule has 8 heteroatoms. The van der Waals surface area contributed by atoms with E-state index in [9.17, 15) is 8.78 Å². The number of aryl methyl sites for hydroxylation is 1. The first-order valence-corrected chi connectivity index (χ1v) is 6.70. The summed E-state index contributed by atoms with van der Waals surface area (Å²) in [6.45, 7) is 0.479. The zero-order valence-corrected chi connectivity index (χ0v) is 11.6. The molecule has 21 heavy (non-hydrogen) atoms. The summed E-state index contributed by atoms with van der Waals surface area (Å²) in [5.41, 5.74) is 6.44. The SMILES string of the molecule is Cn1cnc(-c2ccc(N)nc2N2CCC(F)(F)CC2)n1. The van der Waals surface area contributed by atoms with Gasteiger partial charge in [0, 0.05) is 33.0 Å². The molecule has 0 amide bonds. The Kier molecular flexibility index (Phi) is 3.23. The van der Waals surface area contributed by atoms with Crippen molar-refractivity contribution in [1.29, 1.82) is 0 Å². The molecule has 0 saturated carbocycles. The Labute approximate surface area is 120 Å². The summed E-state index contributed by atoms with van der Waals surface area (Å²) in [4.78, 5) is 10.3. The highest BCUT2D eigenvalue weighted by molar-refractivity contribution is 5.72. The molecule has 1 saturated heterocycles. The van der Waals surface area contributed by atoms with E-state index in [0.29, 0.717) is 23.0 Å². The van der Waals surface area contributed by atoms with Crippen LogP contribution in [0.25, 0.3) is 11.4 Å². The lowest BCUT2D eigenvalue weighted by atomic mass is 10.1. The van der Waals surface area contributed by atoms with Gasteiger partial charge >= 0.3 is 0 Å². The number of alkyl halides is 2. The number of piperidine rings is 1. The number of aromatic nitrogens is 4. The first-order valence-electron chi connectivity index (χ1n) is 6.70. The molecular weight excluding hydrogens is 278 g/mol. The number of pyridine rings is 1. The van der Waals surface area contributed by atoms with E-state index in [4.69, 9.17) is 5.73 Å². The average molecular weight is 294 g/mol. The van der Waals surface area contributed by atoms with Crippen LogP contribution in [0.15, 0.2) is 18.5 Å². The summed E-state index contributed by atoms with van der Waals surface area (Å²) in [7, 11) is 1.77. The van der Waals surface area contributed by atoms with E-state index < -0.39 is 5.92 Å². The summed E-state index contributed by atoms with van der Waals surface area (Å²) in [6, 6.07) is 3.44. The van der Waals surface area contributed by atoms with Crippen LogP contribution in [0.1, 0.15) is 12.8 Å². The molecule has 6 nitrogen and oxygen atoms in total. The fraction of sp³-hybridized carbons (Fsp3) is 0.462. The van der Waals surface area contributed by atoms with Crippen molar-refractivity contribution in [2.75, 3.05) is 23.7 Å². The molecule has 2 aromatic heterocycles. The smallest absolute Gasteiger partial charge is 0.251 e. The highest BCUT2D eigenvalue weighted by atomic mass is 19.3. The quantitative estimate of drug-likeness (QED) is 0.912. The minimum Gasteiger partial charge on any atom is -0.384 e. The second-order valence-electron chi connectivity index (χ2n) is 5.19. The molecule has 0 radical (unpaired) electrons. The van der Waals surface area contributed by atoms with Crippen LogP contribution in [0.5, 0.6) is 0 Å². The van der Waals surface area contributed by atoms with E-state index in [0.717, 1.165) is 0 Å². The largest absolute Gasteiger partial charge is 0.384 e. The van der Waals surface area contributed by atoms with E-state index in [1.54, 1.807) is 30.2 Å². The number of nitrogens with zero attached hydrogens (tertiary/aromatic N) is 5. The molecule has 0 spiro atoms. The van der Waals surface area contributed by atoms with Gasteiger partial charge in [-0.2, -0.15) is 5.10 Å².